The Morgan fingerprint density at radius 1 is 1.23 bits per heavy atom. The number of H-pyrrole nitrogens is 1. The van der Waals surface area contributed by atoms with Gasteiger partial charge in [-0.25, -0.2) is 0 Å². The molecule has 1 N–H and O–H groups in total. The molecule has 1 aliphatic rings. The van der Waals surface area contributed by atoms with Gasteiger partial charge >= 0.3 is 0 Å². The maximum atomic E-state index is 12.5. The Morgan fingerprint density at radius 3 is 2.90 bits per heavy atom. The second-order valence-electron chi connectivity index (χ2n) is 7.56. The third-order valence-corrected chi connectivity index (χ3v) is 5.62. The van der Waals surface area contributed by atoms with Gasteiger partial charge in [-0.05, 0) is 61.7 Å². The largest absolute Gasteiger partial charge is 0.487 e. The lowest BCUT2D eigenvalue weighted by Gasteiger charge is -2.16. The highest BCUT2D eigenvalue weighted by Gasteiger charge is 2.28. The van der Waals surface area contributed by atoms with Gasteiger partial charge in [0.05, 0.1) is 11.4 Å². The van der Waals surface area contributed by atoms with Crippen LogP contribution in [0.3, 0.4) is 0 Å². The van der Waals surface area contributed by atoms with Crippen LogP contribution >= 0.6 is 11.6 Å². The molecule has 3 aromatic rings. The van der Waals surface area contributed by atoms with Gasteiger partial charge in [-0.2, -0.15) is 5.10 Å². The van der Waals surface area contributed by atoms with Crippen LogP contribution in [0, 0.1) is 0 Å². The topological polar surface area (TPSA) is 71.1 Å². The molecule has 0 aliphatic carbocycles. The van der Waals surface area contributed by atoms with Gasteiger partial charge < -0.3 is 9.64 Å². The highest BCUT2D eigenvalue weighted by molar-refractivity contribution is 6.30. The number of aromatic nitrogens is 3. The Balaban J connectivity index is 1.23. The number of likely N-dealkylation sites (tertiary alicyclic amines) is 1. The molecule has 1 aliphatic heterocycles. The second kappa shape index (κ2) is 9.76. The van der Waals surface area contributed by atoms with Crippen LogP contribution in [0.15, 0.2) is 54.7 Å². The summed E-state index contributed by atoms with van der Waals surface area (Å²) >= 11 is 5.89. The minimum atomic E-state index is 0.218. The van der Waals surface area contributed by atoms with Crippen LogP contribution in [0.4, 0.5) is 0 Å². The Bertz CT molecular complexity index is 959. The first kappa shape index (κ1) is 20.4. The summed E-state index contributed by atoms with van der Waals surface area (Å²) in [5.41, 5.74) is 2.95. The number of benzene rings is 1. The Morgan fingerprint density at radius 2 is 2.10 bits per heavy atom. The van der Waals surface area contributed by atoms with E-state index in [1.54, 1.807) is 18.3 Å². The number of nitrogens with zero attached hydrogens (tertiary/aromatic N) is 3. The van der Waals surface area contributed by atoms with Gasteiger partial charge in [0.2, 0.25) is 5.91 Å². The van der Waals surface area contributed by atoms with Crippen LogP contribution in [-0.4, -0.2) is 39.1 Å². The van der Waals surface area contributed by atoms with Crippen molar-refractivity contribution in [3.8, 4) is 5.75 Å². The number of hydrogen-bond acceptors (Lipinski definition) is 4. The Labute approximate surface area is 181 Å². The summed E-state index contributed by atoms with van der Waals surface area (Å²) < 4.78 is 5.76. The van der Waals surface area contributed by atoms with E-state index < -0.39 is 0 Å². The van der Waals surface area contributed by atoms with E-state index in [2.05, 4.69) is 15.2 Å². The molecule has 0 radical (unpaired) electrons. The summed E-state index contributed by atoms with van der Waals surface area (Å²) in [4.78, 5) is 18.8. The molecule has 1 atom stereocenters. The lowest BCUT2D eigenvalue weighted by atomic mass is 10.1. The first-order valence-corrected chi connectivity index (χ1v) is 10.7. The number of pyridine rings is 1. The van der Waals surface area contributed by atoms with Crippen molar-refractivity contribution in [3.63, 3.8) is 0 Å². The molecule has 7 heteroatoms. The monoisotopic (exact) mass is 424 g/mol. The van der Waals surface area contributed by atoms with Crippen LogP contribution < -0.4 is 4.74 Å². The van der Waals surface area contributed by atoms with Crippen molar-refractivity contribution in [2.75, 3.05) is 13.1 Å². The van der Waals surface area contributed by atoms with E-state index >= 15 is 0 Å². The number of carbonyl (C=O) groups is 1. The summed E-state index contributed by atoms with van der Waals surface area (Å²) in [5, 5.41) is 8.18. The molecule has 1 aromatic carbocycles. The molecule has 0 unspecified atom stereocenters. The summed E-state index contributed by atoms with van der Waals surface area (Å²) in [5.74, 6) is 1.25. The number of amides is 1. The molecule has 3 heterocycles. The van der Waals surface area contributed by atoms with Gasteiger partial charge in [-0.1, -0.05) is 17.7 Å². The molecule has 156 valence electrons. The minimum Gasteiger partial charge on any atom is -0.487 e. The summed E-state index contributed by atoms with van der Waals surface area (Å²) in [6, 6.07) is 15.2. The van der Waals surface area contributed by atoms with E-state index in [0.717, 1.165) is 55.2 Å². The molecular weight excluding hydrogens is 400 g/mol. The third-order valence-electron chi connectivity index (χ3n) is 5.37. The van der Waals surface area contributed by atoms with Crippen LogP contribution in [-0.2, 0) is 17.8 Å². The number of carbonyl (C=O) groups excluding carboxylic acids is 1. The molecule has 0 spiro atoms. The molecule has 1 saturated heterocycles. The summed E-state index contributed by atoms with van der Waals surface area (Å²) in [6.07, 6.45) is 4.95. The predicted octanol–water partition coefficient (Wildman–Crippen LogP) is 4.38. The van der Waals surface area contributed by atoms with Gasteiger partial charge in [0.1, 0.15) is 12.4 Å². The molecule has 0 saturated carbocycles. The van der Waals surface area contributed by atoms with Crippen molar-refractivity contribution in [3.05, 3.63) is 76.8 Å². The maximum Gasteiger partial charge on any atom is 0.222 e. The zero-order valence-electron chi connectivity index (χ0n) is 16.8. The van der Waals surface area contributed by atoms with E-state index in [1.807, 2.05) is 41.3 Å². The fraction of sp³-hybridized carbons (Fsp3) is 0.348. The first-order chi connectivity index (χ1) is 14.7. The summed E-state index contributed by atoms with van der Waals surface area (Å²) in [7, 11) is 0. The van der Waals surface area contributed by atoms with Crippen LogP contribution in [0.25, 0.3) is 0 Å². The predicted molar refractivity (Wildman–Crippen MR) is 115 cm³/mol. The van der Waals surface area contributed by atoms with Crippen molar-refractivity contribution in [1.29, 1.82) is 0 Å². The van der Waals surface area contributed by atoms with Crippen molar-refractivity contribution < 1.29 is 9.53 Å². The van der Waals surface area contributed by atoms with Gasteiger partial charge in [0.15, 0.2) is 0 Å². The molecule has 4 rings (SSSR count). The van der Waals surface area contributed by atoms with E-state index in [-0.39, 0.29) is 11.8 Å². The lowest BCUT2D eigenvalue weighted by molar-refractivity contribution is -0.130. The SMILES string of the molecule is O=C(CCCc1ccccn1)N1CC[C@H](c2cc(COc3ccc(Cl)cc3)[nH]n2)C1. The molecular formula is C23H25ClN4O2. The quantitative estimate of drug-likeness (QED) is 0.582. The fourth-order valence-electron chi connectivity index (χ4n) is 3.71. The minimum absolute atomic E-state index is 0.218. The second-order valence-corrected chi connectivity index (χ2v) is 8.00. The van der Waals surface area contributed by atoms with Crippen molar-refractivity contribution in [1.82, 2.24) is 20.1 Å². The van der Waals surface area contributed by atoms with E-state index in [4.69, 9.17) is 16.3 Å². The molecule has 6 nitrogen and oxygen atoms in total. The van der Waals surface area contributed by atoms with Crippen LogP contribution in [0.5, 0.6) is 5.75 Å². The molecule has 30 heavy (non-hydrogen) atoms. The van der Waals surface area contributed by atoms with Crippen LogP contribution in [0.2, 0.25) is 5.02 Å². The van der Waals surface area contributed by atoms with E-state index in [1.165, 1.54) is 0 Å². The van der Waals surface area contributed by atoms with Crippen LogP contribution in [0.1, 0.15) is 42.3 Å². The van der Waals surface area contributed by atoms with Crippen molar-refractivity contribution in [2.24, 2.45) is 0 Å². The highest BCUT2D eigenvalue weighted by Crippen LogP contribution is 2.27. The number of aromatic amines is 1. The fourth-order valence-corrected chi connectivity index (χ4v) is 3.83. The highest BCUT2D eigenvalue weighted by atomic mass is 35.5. The lowest BCUT2D eigenvalue weighted by Crippen LogP contribution is -2.28. The van der Waals surface area contributed by atoms with Crippen molar-refractivity contribution in [2.45, 2.75) is 38.2 Å². The Kier molecular flexibility index (Phi) is 6.64. The average Bonchev–Trinajstić information content (AvgIpc) is 3.44. The van der Waals surface area contributed by atoms with Crippen molar-refractivity contribution >= 4 is 17.5 Å². The van der Waals surface area contributed by atoms with E-state index in [9.17, 15) is 4.79 Å². The molecule has 0 bridgehead atoms. The smallest absolute Gasteiger partial charge is 0.222 e. The van der Waals surface area contributed by atoms with Gasteiger partial charge in [-0.3, -0.25) is 14.9 Å². The molecule has 2 aromatic heterocycles. The number of rotatable bonds is 8. The van der Waals surface area contributed by atoms with Gasteiger partial charge in [-0.15, -0.1) is 0 Å². The number of halogens is 1. The average molecular weight is 425 g/mol. The zero-order chi connectivity index (χ0) is 20.8. The molecule has 1 fully saturated rings. The molecule has 1 amide bonds. The number of aryl methyl sites for hydroxylation is 1. The number of hydrogen-bond donors (Lipinski definition) is 1. The summed E-state index contributed by atoms with van der Waals surface area (Å²) in [6.45, 7) is 1.93. The van der Waals surface area contributed by atoms with Gasteiger partial charge in [0.25, 0.3) is 0 Å². The standard InChI is InChI=1S/C23H25ClN4O2/c24-18-7-9-21(10-8-18)30-16-20-14-22(27-26-20)17-11-13-28(15-17)23(29)6-3-5-19-4-1-2-12-25-19/h1-2,4,7-10,12,14,17H,3,5-6,11,13,15-16H2,(H,26,27)/t17-/m0/s1. The Hall–Kier alpha value is -2.86. The normalized spacial score (nSPS) is 16.0. The van der Waals surface area contributed by atoms with Gasteiger partial charge in [0, 0.05) is 42.3 Å². The third kappa shape index (κ3) is 5.39. The maximum absolute atomic E-state index is 12.5. The zero-order valence-corrected chi connectivity index (χ0v) is 17.5. The number of nitrogens with one attached hydrogen (secondary N) is 1. The first-order valence-electron chi connectivity index (χ1n) is 10.3. The number of ether oxygens (including phenoxy) is 1. The van der Waals surface area contributed by atoms with E-state index in [0.29, 0.717) is 18.1 Å².